The highest BCUT2D eigenvalue weighted by Crippen LogP contribution is 2.19. The van der Waals surface area contributed by atoms with E-state index in [4.69, 9.17) is 16.7 Å². The monoisotopic (exact) mass is 256 g/mol. The standard InChI is InChI=1S/C11H13ClN2O3/c1-7-2-3-8(6-9(7)12)14-11(17)10(16)13-4-5-15/h2-3,6,15H,4-5H2,1H3,(H,13,16)(H,14,17). The maximum absolute atomic E-state index is 11.4. The minimum Gasteiger partial charge on any atom is -0.395 e. The maximum atomic E-state index is 11.4. The summed E-state index contributed by atoms with van der Waals surface area (Å²) in [6, 6.07) is 4.95. The van der Waals surface area contributed by atoms with E-state index in [2.05, 4.69) is 10.6 Å². The first-order valence-electron chi connectivity index (χ1n) is 5.01. The van der Waals surface area contributed by atoms with Gasteiger partial charge in [0, 0.05) is 17.3 Å². The van der Waals surface area contributed by atoms with E-state index in [0.29, 0.717) is 10.7 Å². The van der Waals surface area contributed by atoms with Crippen LogP contribution in [0.4, 0.5) is 5.69 Å². The molecule has 0 aliphatic carbocycles. The Morgan fingerprint density at radius 1 is 1.35 bits per heavy atom. The van der Waals surface area contributed by atoms with Crippen LogP contribution in [0.1, 0.15) is 5.56 Å². The average Bonchev–Trinajstić information content (AvgIpc) is 2.30. The highest BCUT2D eigenvalue weighted by atomic mass is 35.5. The van der Waals surface area contributed by atoms with E-state index in [1.165, 1.54) is 0 Å². The summed E-state index contributed by atoms with van der Waals surface area (Å²) in [5, 5.41) is 13.6. The molecule has 0 spiro atoms. The third-order valence-electron chi connectivity index (χ3n) is 2.03. The predicted molar refractivity (Wildman–Crippen MR) is 64.9 cm³/mol. The number of rotatable bonds is 3. The Hall–Kier alpha value is -1.59. The van der Waals surface area contributed by atoms with Crippen molar-refractivity contribution in [2.45, 2.75) is 6.92 Å². The van der Waals surface area contributed by atoms with Gasteiger partial charge in [-0.05, 0) is 24.6 Å². The van der Waals surface area contributed by atoms with Gasteiger partial charge in [0.15, 0.2) is 0 Å². The zero-order valence-electron chi connectivity index (χ0n) is 9.29. The van der Waals surface area contributed by atoms with E-state index in [1.807, 2.05) is 6.92 Å². The van der Waals surface area contributed by atoms with Crippen LogP contribution in [0.2, 0.25) is 5.02 Å². The van der Waals surface area contributed by atoms with Crippen molar-refractivity contribution in [1.29, 1.82) is 0 Å². The summed E-state index contributed by atoms with van der Waals surface area (Å²) in [5.41, 5.74) is 1.33. The lowest BCUT2D eigenvalue weighted by molar-refractivity contribution is -0.136. The SMILES string of the molecule is Cc1ccc(NC(=O)C(=O)NCCO)cc1Cl. The van der Waals surface area contributed by atoms with Gasteiger partial charge >= 0.3 is 11.8 Å². The van der Waals surface area contributed by atoms with Crippen LogP contribution in [-0.2, 0) is 9.59 Å². The second-order valence-corrected chi connectivity index (χ2v) is 3.80. The molecule has 1 aromatic rings. The minimum absolute atomic E-state index is 0.0426. The fourth-order valence-corrected chi connectivity index (χ4v) is 1.29. The third kappa shape index (κ3) is 4.05. The second-order valence-electron chi connectivity index (χ2n) is 3.40. The van der Waals surface area contributed by atoms with Crippen molar-refractivity contribution in [3.05, 3.63) is 28.8 Å². The van der Waals surface area contributed by atoms with Gasteiger partial charge < -0.3 is 15.7 Å². The molecule has 2 amide bonds. The average molecular weight is 257 g/mol. The topological polar surface area (TPSA) is 78.4 Å². The number of nitrogens with one attached hydrogen (secondary N) is 2. The number of benzene rings is 1. The molecular weight excluding hydrogens is 244 g/mol. The molecule has 0 unspecified atom stereocenters. The van der Waals surface area contributed by atoms with Gasteiger partial charge in [0.1, 0.15) is 0 Å². The first-order valence-corrected chi connectivity index (χ1v) is 5.38. The zero-order chi connectivity index (χ0) is 12.8. The van der Waals surface area contributed by atoms with Gasteiger partial charge in [-0.2, -0.15) is 0 Å². The second kappa shape index (κ2) is 6.22. The molecular formula is C11H13ClN2O3. The normalized spacial score (nSPS) is 9.82. The van der Waals surface area contributed by atoms with Crippen LogP contribution < -0.4 is 10.6 Å². The van der Waals surface area contributed by atoms with Crippen LogP contribution in [-0.4, -0.2) is 30.1 Å². The molecule has 0 bridgehead atoms. The molecule has 0 aromatic heterocycles. The van der Waals surface area contributed by atoms with E-state index in [-0.39, 0.29) is 13.2 Å². The van der Waals surface area contributed by atoms with Crippen LogP contribution in [0.25, 0.3) is 0 Å². The molecule has 0 aliphatic rings. The van der Waals surface area contributed by atoms with Crippen molar-refractivity contribution in [3.63, 3.8) is 0 Å². The summed E-state index contributed by atoms with van der Waals surface area (Å²) in [6.07, 6.45) is 0. The number of hydrogen-bond donors (Lipinski definition) is 3. The third-order valence-corrected chi connectivity index (χ3v) is 2.44. The van der Waals surface area contributed by atoms with Gasteiger partial charge in [0.05, 0.1) is 6.61 Å². The molecule has 0 aliphatic heterocycles. The van der Waals surface area contributed by atoms with Crippen LogP contribution in [0, 0.1) is 6.92 Å². The maximum Gasteiger partial charge on any atom is 0.313 e. The molecule has 17 heavy (non-hydrogen) atoms. The fraction of sp³-hybridized carbons (Fsp3) is 0.273. The number of carbonyl (C=O) groups is 2. The Morgan fingerprint density at radius 3 is 2.65 bits per heavy atom. The number of hydrogen-bond acceptors (Lipinski definition) is 3. The molecule has 0 radical (unpaired) electrons. The van der Waals surface area contributed by atoms with Crippen LogP contribution in [0.5, 0.6) is 0 Å². The highest BCUT2D eigenvalue weighted by Gasteiger charge is 2.12. The summed E-state index contributed by atoms with van der Waals surface area (Å²) in [4.78, 5) is 22.6. The van der Waals surface area contributed by atoms with Crippen molar-refractivity contribution >= 4 is 29.1 Å². The van der Waals surface area contributed by atoms with Gasteiger partial charge in [-0.15, -0.1) is 0 Å². The van der Waals surface area contributed by atoms with E-state index >= 15 is 0 Å². The molecule has 0 saturated carbocycles. The van der Waals surface area contributed by atoms with Gasteiger partial charge in [0.25, 0.3) is 0 Å². The predicted octanol–water partition coefficient (Wildman–Crippen LogP) is 0.695. The van der Waals surface area contributed by atoms with E-state index < -0.39 is 11.8 Å². The van der Waals surface area contributed by atoms with E-state index in [9.17, 15) is 9.59 Å². The van der Waals surface area contributed by atoms with Crippen molar-refractivity contribution in [1.82, 2.24) is 5.32 Å². The lowest BCUT2D eigenvalue weighted by Gasteiger charge is -2.06. The van der Waals surface area contributed by atoms with Gasteiger partial charge in [0.2, 0.25) is 0 Å². The van der Waals surface area contributed by atoms with Crippen LogP contribution in [0.3, 0.4) is 0 Å². The Balaban J connectivity index is 2.61. The molecule has 5 nitrogen and oxygen atoms in total. The molecule has 0 fully saturated rings. The first-order chi connectivity index (χ1) is 8.04. The lowest BCUT2D eigenvalue weighted by Crippen LogP contribution is -2.36. The van der Waals surface area contributed by atoms with Crippen molar-refractivity contribution in [2.75, 3.05) is 18.5 Å². The molecule has 92 valence electrons. The summed E-state index contributed by atoms with van der Waals surface area (Å²) in [6.45, 7) is 1.66. The van der Waals surface area contributed by atoms with Crippen molar-refractivity contribution in [3.8, 4) is 0 Å². The van der Waals surface area contributed by atoms with Crippen LogP contribution >= 0.6 is 11.6 Å². The quantitative estimate of drug-likeness (QED) is 0.697. The molecule has 1 aromatic carbocycles. The number of halogens is 1. The number of amides is 2. The van der Waals surface area contributed by atoms with Gasteiger partial charge in [-0.3, -0.25) is 9.59 Å². The minimum atomic E-state index is -0.796. The Bertz CT molecular complexity index is 435. The fourth-order valence-electron chi connectivity index (χ4n) is 1.11. The largest absolute Gasteiger partial charge is 0.395 e. The van der Waals surface area contributed by atoms with Crippen molar-refractivity contribution in [2.24, 2.45) is 0 Å². The smallest absolute Gasteiger partial charge is 0.313 e. The van der Waals surface area contributed by atoms with E-state index in [1.54, 1.807) is 18.2 Å². The number of aliphatic hydroxyl groups excluding tert-OH is 1. The van der Waals surface area contributed by atoms with Crippen LogP contribution in [0.15, 0.2) is 18.2 Å². The lowest BCUT2D eigenvalue weighted by atomic mass is 10.2. The molecule has 0 saturated heterocycles. The highest BCUT2D eigenvalue weighted by molar-refractivity contribution is 6.39. The molecule has 3 N–H and O–H groups in total. The Kier molecular flexibility index (Phi) is 4.93. The Morgan fingerprint density at radius 2 is 2.06 bits per heavy atom. The molecule has 0 atom stereocenters. The summed E-state index contributed by atoms with van der Waals surface area (Å²) < 4.78 is 0. The summed E-state index contributed by atoms with van der Waals surface area (Å²) in [5.74, 6) is -1.59. The number of aryl methyl sites for hydroxylation is 1. The van der Waals surface area contributed by atoms with Gasteiger partial charge in [-0.25, -0.2) is 0 Å². The summed E-state index contributed by atoms with van der Waals surface area (Å²) in [7, 11) is 0. The molecule has 6 heteroatoms. The number of carbonyl (C=O) groups excluding carboxylic acids is 2. The molecule has 1 rings (SSSR count). The van der Waals surface area contributed by atoms with E-state index in [0.717, 1.165) is 5.56 Å². The number of anilines is 1. The first kappa shape index (κ1) is 13.5. The molecule has 0 heterocycles. The van der Waals surface area contributed by atoms with Gasteiger partial charge in [-0.1, -0.05) is 17.7 Å². The number of aliphatic hydroxyl groups is 1. The Labute approximate surface area is 104 Å². The van der Waals surface area contributed by atoms with Crippen molar-refractivity contribution < 1.29 is 14.7 Å². The summed E-state index contributed by atoms with van der Waals surface area (Å²) >= 11 is 5.88. The zero-order valence-corrected chi connectivity index (χ0v) is 10.0.